The smallest absolute Gasteiger partial charge is 0.430 e. The van der Waals surface area contributed by atoms with Gasteiger partial charge in [-0.2, -0.15) is 13.2 Å². The fourth-order valence-electron chi connectivity index (χ4n) is 6.09. The maximum Gasteiger partial charge on any atom is 0.430 e. The number of hydrogen-bond donors (Lipinski definition) is 1. The van der Waals surface area contributed by atoms with Crippen molar-refractivity contribution >= 4 is 29.1 Å². The predicted octanol–water partition coefficient (Wildman–Crippen LogP) is 5.49. The van der Waals surface area contributed by atoms with Gasteiger partial charge in [0.25, 0.3) is 17.4 Å². The minimum absolute atomic E-state index is 0.0348. The van der Waals surface area contributed by atoms with Crippen molar-refractivity contribution in [3.8, 4) is 5.75 Å². The highest BCUT2D eigenvalue weighted by Crippen LogP contribution is 2.61. The van der Waals surface area contributed by atoms with Crippen LogP contribution in [-0.2, 0) is 10.4 Å². The zero-order valence-corrected chi connectivity index (χ0v) is 24.8. The van der Waals surface area contributed by atoms with Gasteiger partial charge in [-0.3, -0.25) is 9.59 Å². The number of amides is 2. The van der Waals surface area contributed by atoms with Crippen molar-refractivity contribution in [1.29, 1.82) is 0 Å². The molecule has 7 nitrogen and oxygen atoms in total. The van der Waals surface area contributed by atoms with Gasteiger partial charge in [-0.25, -0.2) is 0 Å². The average molecular weight is 608 g/mol. The van der Waals surface area contributed by atoms with Crippen molar-refractivity contribution in [3.63, 3.8) is 0 Å². The first kappa shape index (κ1) is 30.5. The van der Waals surface area contributed by atoms with E-state index in [1.54, 1.807) is 20.2 Å². The van der Waals surface area contributed by atoms with Gasteiger partial charge in [0.1, 0.15) is 5.75 Å². The minimum Gasteiger partial charge on any atom is -0.490 e. The Labute approximate surface area is 249 Å². The first-order chi connectivity index (χ1) is 19.7. The van der Waals surface area contributed by atoms with E-state index in [4.69, 9.17) is 16.3 Å². The molecule has 42 heavy (non-hydrogen) atoms. The molecule has 228 valence electrons. The third-order valence-corrected chi connectivity index (χ3v) is 9.34. The van der Waals surface area contributed by atoms with Crippen molar-refractivity contribution in [3.05, 3.63) is 58.6 Å². The largest absolute Gasteiger partial charge is 0.490 e. The first-order valence-electron chi connectivity index (χ1n) is 14.3. The van der Waals surface area contributed by atoms with Crippen molar-refractivity contribution in [1.82, 2.24) is 9.80 Å². The van der Waals surface area contributed by atoms with Gasteiger partial charge in [0.15, 0.2) is 0 Å². The van der Waals surface area contributed by atoms with Gasteiger partial charge < -0.3 is 24.5 Å². The van der Waals surface area contributed by atoms with E-state index in [1.807, 2.05) is 12.1 Å². The minimum atomic E-state index is -5.20. The summed E-state index contributed by atoms with van der Waals surface area (Å²) in [5.74, 6) is -1.04. The fraction of sp³-hybridized carbons (Fsp3) is 0.548. The average Bonchev–Trinajstić information content (AvgIpc) is 3.88. The molecule has 1 unspecified atom stereocenters. The van der Waals surface area contributed by atoms with Crippen LogP contribution in [0.2, 0.25) is 5.02 Å². The molecule has 1 aliphatic heterocycles. The van der Waals surface area contributed by atoms with Crippen LogP contribution < -0.4 is 9.64 Å². The number of hydrogen-bond acceptors (Lipinski definition) is 5. The van der Waals surface area contributed by atoms with Gasteiger partial charge in [-0.15, -0.1) is 0 Å². The summed E-state index contributed by atoms with van der Waals surface area (Å²) in [6.07, 6.45) is -0.207. The van der Waals surface area contributed by atoms with Crippen molar-refractivity contribution in [2.24, 2.45) is 11.3 Å². The van der Waals surface area contributed by atoms with Crippen LogP contribution in [0, 0.1) is 11.3 Å². The lowest BCUT2D eigenvalue weighted by molar-refractivity contribution is -0.261. The van der Waals surface area contributed by atoms with Gasteiger partial charge in [-0.1, -0.05) is 23.7 Å². The van der Waals surface area contributed by atoms with E-state index in [-0.39, 0.29) is 29.7 Å². The number of nitrogens with zero attached hydrogens (tertiary/aromatic N) is 3. The van der Waals surface area contributed by atoms with E-state index in [1.165, 1.54) is 24.1 Å². The molecule has 5 rings (SSSR count). The molecule has 2 aromatic rings. The van der Waals surface area contributed by atoms with Gasteiger partial charge in [-0.05, 0) is 80.2 Å². The number of alkyl halides is 3. The van der Waals surface area contributed by atoms with Crippen molar-refractivity contribution < 1.29 is 32.6 Å². The van der Waals surface area contributed by atoms with Crippen LogP contribution in [0.4, 0.5) is 18.9 Å². The maximum absolute atomic E-state index is 14.2. The Bertz CT molecular complexity index is 1340. The van der Waals surface area contributed by atoms with Crippen LogP contribution in [0.5, 0.6) is 5.75 Å². The molecule has 1 N–H and O–H groups in total. The van der Waals surface area contributed by atoms with Gasteiger partial charge in [0, 0.05) is 52.0 Å². The van der Waals surface area contributed by atoms with Gasteiger partial charge in [0.2, 0.25) is 0 Å². The summed E-state index contributed by atoms with van der Waals surface area (Å²) in [4.78, 5) is 30.2. The molecule has 0 aromatic heterocycles. The number of ether oxygens (including phenoxy) is 1. The summed E-state index contributed by atoms with van der Waals surface area (Å²) in [6, 6.07) is 10.6. The van der Waals surface area contributed by atoms with E-state index in [9.17, 15) is 27.9 Å². The van der Waals surface area contributed by atoms with E-state index >= 15 is 0 Å². The van der Waals surface area contributed by atoms with Gasteiger partial charge >= 0.3 is 6.18 Å². The van der Waals surface area contributed by atoms with Crippen LogP contribution in [0.1, 0.15) is 54.4 Å². The Morgan fingerprint density at radius 3 is 2.38 bits per heavy atom. The number of piperidine rings is 1. The predicted molar refractivity (Wildman–Crippen MR) is 154 cm³/mol. The van der Waals surface area contributed by atoms with Crippen LogP contribution in [0.25, 0.3) is 0 Å². The molecule has 1 spiro atoms. The Balaban J connectivity index is 1.17. The lowest BCUT2D eigenvalue weighted by atomic mass is 9.89. The highest BCUT2D eigenvalue weighted by Gasteiger charge is 2.62. The van der Waals surface area contributed by atoms with Crippen LogP contribution in [0.3, 0.4) is 0 Å². The molecule has 1 heterocycles. The molecule has 2 aliphatic carbocycles. The van der Waals surface area contributed by atoms with Crippen LogP contribution >= 0.6 is 11.6 Å². The maximum atomic E-state index is 14.2. The quantitative estimate of drug-likeness (QED) is 0.408. The van der Waals surface area contributed by atoms with Gasteiger partial charge in [0.05, 0.1) is 16.7 Å². The number of benzene rings is 2. The third kappa shape index (κ3) is 5.93. The number of halogens is 4. The second kappa shape index (κ2) is 11.3. The Hall–Kier alpha value is -2.98. The summed E-state index contributed by atoms with van der Waals surface area (Å²) in [7, 11) is 4.67. The molecule has 11 heteroatoms. The fourth-order valence-corrected chi connectivity index (χ4v) is 6.34. The van der Waals surface area contributed by atoms with E-state index < -0.39 is 23.2 Å². The number of carbonyl (C=O) groups excluding carboxylic acids is 2. The summed E-state index contributed by atoms with van der Waals surface area (Å²) >= 11 is 6.40. The Morgan fingerprint density at radius 1 is 1.10 bits per heavy atom. The summed E-state index contributed by atoms with van der Waals surface area (Å²) in [5, 5.41) is 11.3. The topological polar surface area (TPSA) is 73.3 Å². The first-order valence-corrected chi connectivity index (χ1v) is 14.7. The number of aliphatic hydroxyl groups is 1. The molecular weight excluding hydrogens is 571 g/mol. The van der Waals surface area contributed by atoms with Crippen molar-refractivity contribution in [2.45, 2.75) is 56.4 Å². The van der Waals surface area contributed by atoms with E-state index in [2.05, 4.69) is 4.90 Å². The standard InChI is InChI=1S/C31H37ClF3N3O4/c1-36(2)27(39)25-10-7-22(18-26(25)32)38-15-12-29(13-16-38)19-21(29)11-14-37(3)28(40)30(41,31(33,34)35)20-5-4-6-24(17-20)42-23-8-9-23/h4-7,10,17-18,21,23,41H,8-9,11-16,19H2,1-3H3/t21?,30-/m1/s1. The van der Waals surface area contributed by atoms with E-state index in [0.717, 1.165) is 67.9 Å². The molecule has 3 aliphatic rings. The molecule has 2 atom stereocenters. The molecule has 0 radical (unpaired) electrons. The normalized spacial score (nSPS) is 21.0. The zero-order chi connectivity index (χ0) is 30.4. The lowest BCUT2D eigenvalue weighted by Gasteiger charge is -2.35. The number of rotatable bonds is 9. The van der Waals surface area contributed by atoms with E-state index in [0.29, 0.717) is 22.9 Å². The number of likely N-dealkylation sites (N-methyl/N-ethyl adjacent to an activating group) is 1. The number of anilines is 1. The van der Waals surface area contributed by atoms with Crippen molar-refractivity contribution in [2.75, 3.05) is 45.7 Å². The monoisotopic (exact) mass is 607 g/mol. The number of carbonyl (C=O) groups is 2. The highest BCUT2D eigenvalue weighted by atomic mass is 35.5. The van der Waals surface area contributed by atoms with Crippen LogP contribution in [-0.4, -0.2) is 79.8 Å². The molecule has 2 saturated carbocycles. The molecule has 2 amide bonds. The zero-order valence-electron chi connectivity index (χ0n) is 24.1. The second-order valence-electron chi connectivity index (χ2n) is 12.2. The second-order valence-corrected chi connectivity index (χ2v) is 12.6. The summed E-state index contributed by atoms with van der Waals surface area (Å²) in [6.45, 7) is 1.72. The molecule has 3 fully saturated rings. The van der Waals surface area contributed by atoms with Crippen LogP contribution in [0.15, 0.2) is 42.5 Å². The molecular formula is C31H37ClF3N3O4. The highest BCUT2D eigenvalue weighted by molar-refractivity contribution is 6.34. The molecule has 0 bridgehead atoms. The summed E-state index contributed by atoms with van der Waals surface area (Å²) in [5.41, 5.74) is -2.69. The summed E-state index contributed by atoms with van der Waals surface area (Å²) < 4.78 is 48.3. The Morgan fingerprint density at radius 2 is 1.79 bits per heavy atom. The lowest BCUT2D eigenvalue weighted by Crippen LogP contribution is -2.55. The SMILES string of the molecule is CN(C)C(=O)c1ccc(N2CCC3(CC2)CC3CCN(C)C(=O)[C@](O)(c2cccc(OC3CC3)c2)C(F)(F)F)cc1Cl. The molecule has 2 aromatic carbocycles. The Kier molecular flexibility index (Phi) is 8.17. The molecule has 1 saturated heterocycles. The third-order valence-electron chi connectivity index (χ3n) is 9.03.